The van der Waals surface area contributed by atoms with Gasteiger partial charge in [0.15, 0.2) is 0 Å². The predicted molar refractivity (Wildman–Crippen MR) is 192 cm³/mol. The van der Waals surface area contributed by atoms with Gasteiger partial charge in [-0.1, -0.05) is 47.4 Å². The van der Waals surface area contributed by atoms with Gasteiger partial charge in [-0.2, -0.15) is 22.9 Å². The van der Waals surface area contributed by atoms with E-state index in [0.29, 0.717) is 28.9 Å². The third kappa shape index (κ3) is 7.06. The Kier molecular flexibility index (Phi) is 10.4. The predicted octanol–water partition coefficient (Wildman–Crippen LogP) is 9.60. The number of thiazole rings is 1. The van der Waals surface area contributed by atoms with Gasteiger partial charge >= 0.3 is 40.8 Å². The number of nitrogens with zero attached hydrogens (tertiary/aromatic N) is 6. The van der Waals surface area contributed by atoms with Gasteiger partial charge in [0.05, 0.1) is 0 Å². The van der Waals surface area contributed by atoms with E-state index in [4.69, 9.17) is 19.4 Å². The molecule has 0 aliphatic heterocycles. The van der Waals surface area contributed by atoms with Gasteiger partial charge in [-0.3, -0.25) is 0 Å². The summed E-state index contributed by atoms with van der Waals surface area (Å²) in [6.45, 7) is 0. The molecule has 0 saturated carbocycles. The molecule has 5 aromatic heterocycles. The molecule has 0 atom stereocenters. The molecule has 9 rings (SSSR count). The van der Waals surface area contributed by atoms with Gasteiger partial charge in [-0.15, -0.1) is 83.1 Å². The van der Waals surface area contributed by atoms with E-state index in [-0.39, 0.29) is 40.8 Å². The smallest absolute Gasteiger partial charge is 0.503 e. The first-order valence-electron chi connectivity index (χ1n) is 15.6. The standard InChI is InChI=1S/C41H22N6O2S.2Pd/c1-3-17-42-36(11-1)27-7-5-9-30(21-27)48-32-13-15-34-35-16-14-33(49-31-10-6-8-28(22-31)37-12-2-4-18-43-37)24-39(35)47(38(34)23-32)41-45-25-29(26-46-41)40-44-19-20-50-40;;/h1-20,25-26H;;/q-4;2*+2. The Balaban J connectivity index is 0.00000210. The molecule has 0 aliphatic carbocycles. The summed E-state index contributed by atoms with van der Waals surface area (Å²) in [6, 6.07) is 44.4. The van der Waals surface area contributed by atoms with Crippen LogP contribution in [0.4, 0.5) is 0 Å². The number of pyridine rings is 2. The van der Waals surface area contributed by atoms with Crippen molar-refractivity contribution in [1.29, 1.82) is 0 Å². The average Bonchev–Trinajstić information content (AvgIpc) is 3.83. The van der Waals surface area contributed by atoms with E-state index in [2.05, 4.69) is 39.2 Å². The molecule has 0 bridgehead atoms. The van der Waals surface area contributed by atoms with Crippen molar-refractivity contribution in [2.75, 3.05) is 0 Å². The fraction of sp³-hybridized carbons (Fsp3) is 0. The summed E-state index contributed by atoms with van der Waals surface area (Å²) in [4.78, 5) is 22.8. The Morgan fingerprint density at radius 3 is 1.52 bits per heavy atom. The molecule has 9 aromatic rings. The zero-order chi connectivity index (χ0) is 33.3. The van der Waals surface area contributed by atoms with Crippen LogP contribution in [0.3, 0.4) is 0 Å². The van der Waals surface area contributed by atoms with Crippen LogP contribution < -0.4 is 9.47 Å². The zero-order valence-corrected chi connectivity index (χ0v) is 30.7. The molecule has 0 fully saturated rings. The van der Waals surface area contributed by atoms with Crippen molar-refractivity contribution in [3.8, 4) is 62.0 Å². The molecular formula is C41H22N6O2Pd2S. The van der Waals surface area contributed by atoms with Crippen molar-refractivity contribution in [3.05, 3.63) is 158 Å². The first-order valence-corrected chi connectivity index (χ1v) is 16.5. The summed E-state index contributed by atoms with van der Waals surface area (Å²) in [5.41, 5.74) is 5.55. The fourth-order valence-corrected chi connectivity index (χ4v) is 6.27. The number of rotatable bonds is 8. The van der Waals surface area contributed by atoms with Gasteiger partial charge in [0.1, 0.15) is 5.01 Å². The largest absolute Gasteiger partial charge is 2.00 e. The molecule has 0 N–H and O–H groups in total. The molecule has 11 heteroatoms. The second kappa shape index (κ2) is 15.5. The Bertz CT molecular complexity index is 2460. The molecule has 8 nitrogen and oxygen atoms in total. The molecular weight excluding hydrogens is 853 g/mol. The minimum atomic E-state index is 0. The van der Waals surface area contributed by atoms with Crippen LogP contribution in [0.2, 0.25) is 0 Å². The summed E-state index contributed by atoms with van der Waals surface area (Å²) in [5, 5.41) is 4.63. The number of hydrogen-bond donors (Lipinski definition) is 0. The van der Waals surface area contributed by atoms with E-state index >= 15 is 0 Å². The van der Waals surface area contributed by atoms with Crippen LogP contribution in [-0.4, -0.2) is 29.5 Å². The minimum absolute atomic E-state index is 0. The number of aromatic nitrogens is 6. The maximum Gasteiger partial charge on any atom is 2.00 e. The van der Waals surface area contributed by atoms with Gasteiger partial charge < -0.3 is 24.0 Å². The van der Waals surface area contributed by atoms with Gasteiger partial charge in [0.2, 0.25) is 5.95 Å². The number of ether oxygens (including phenoxy) is 2. The fourth-order valence-electron chi connectivity index (χ4n) is 5.65. The third-order valence-corrected chi connectivity index (χ3v) is 8.73. The van der Waals surface area contributed by atoms with Gasteiger partial charge in [0.25, 0.3) is 0 Å². The minimum Gasteiger partial charge on any atom is -0.503 e. The van der Waals surface area contributed by atoms with Crippen LogP contribution >= 0.6 is 11.3 Å². The Hall–Kier alpha value is -5.39. The van der Waals surface area contributed by atoms with Crippen molar-refractivity contribution in [3.63, 3.8) is 0 Å². The van der Waals surface area contributed by atoms with E-state index in [9.17, 15) is 0 Å². The topological polar surface area (TPSA) is 87.8 Å². The summed E-state index contributed by atoms with van der Waals surface area (Å²) < 4.78 is 14.5. The number of hydrogen-bond acceptors (Lipinski definition) is 8. The first kappa shape index (κ1) is 35.0. The van der Waals surface area contributed by atoms with E-state index in [1.54, 1.807) is 31.0 Å². The van der Waals surface area contributed by atoms with Gasteiger partial charge in [-0.25, -0.2) is 15.0 Å². The Morgan fingerprint density at radius 1 is 0.500 bits per heavy atom. The molecule has 0 saturated heterocycles. The molecule has 5 heterocycles. The summed E-state index contributed by atoms with van der Waals surface area (Å²) in [6.07, 6.45) is 8.83. The quantitative estimate of drug-likeness (QED) is 0.111. The first-order chi connectivity index (χ1) is 24.7. The van der Waals surface area contributed by atoms with Gasteiger partial charge in [-0.05, 0) is 23.5 Å². The molecule has 52 heavy (non-hydrogen) atoms. The van der Waals surface area contributed by atoms with Crippen molar-refractivity contribution in [1.82, 2.24) is 29.5 Å². The van der Waals surface area contributed by atoms with Crippen molar-refractivity contribution in [2.24, 2.45) is 0 Å². The molecule has 4 aromatic carbocycles. The van der Waals surface area contributed by atoms with Crippen LogP contribution in [0.5, 0.6) is 23.0 Å². The summed E-state index contributed by atoms with van der Waals surface area (Å²) in [5.74, 6) is 2.55. The van der Waals surface area contributed by atoms with Crippen molar-refractivity contribution < 1.29 is 50.3 Å². The van der Waals surface area contributed by atoms with Crippen LogP contribution in [0, 0.1) is 24.3 Å². The van der Waals surface area contributed by atoms with Gasteiger partial charge in [0, 0.05) is 64.9 Å². The zero-order valence-electron chi connectivity index (χ0n) is 26.7. The summed E-state index contributed by atoms with van der Waals surface area (Å²) in [7, 11) is 0. The van der Waals surface area contributed by atoms with Crippen LogP contribution in [0.25, 0.3) is 60.8 Å². The molecule has 0 radical (unpaired) electrons. The third-order valence-electron chi connectivity index (χ3n) is 7.91. The van der Waals surface area contributed by atoms with E-state index in [1.807, 2.05) is 107 Å². The molecule has 0 aliphatic rings. The van der Waals surface area contributed by atoms with Crippen LogP contribution in [-0.2, 0) is 40.8 Å². The van der Waals surface area contributed by atoms with E-state index in [0.717, 1.165) is 54.9 Å². The molecule has 0 unspecified atom stereocenters. The monoisotopic (exact) mass is 874 g/mol. The average molecular weight is 876 g/mol. The van der Waals surface area contributed by atoms with Crippen molar-refractivity contribution in [2.45, 2.75) is 0 Å². The number of fused-ring (bicyclic) bond motifs is 3. The Labute approximate surface area is 330 Å². The SMILES string of the molecule is [Pd+2].[Pd+2].[c-]1c(Oc2[c-]c3c(cc2)c2ccc(Oc4[c-]c(-c5ccccn5)ccc4)[c-]c2n3-c2ncc(-c3nccs3)cn2)cccc1-c1ccccn1. The Morgan fingerprint density at radius 2 is 1.04 bits per heavy atom. The van der Waals surface area contributed by atoms with E-state index < -0.39 is 0 Å². The second-order valence-electron chi connectivity index (χ2n) is 11.1. The molecule has 0 spiro atoms. The maximum absolute atomic E-state index is 6.31. The summed E-state index contributed by atoms with van der Waals surface area (Å²) >= 11 is 1.53. The van der Waals surface area contributed by atoms with Crippen LogP contribution in [0.1, 0.15) is 0 Å². The van der Waals surface area contributed by atoms with E-state index in [1.165, 1.54) is 11.3 Å². The molecule has 254 valence electrons. The van der Waals surface area contributed by atoms with Crippen molar-refractivity contribution >= 4 is 33.1 Å². The second-order valence-corrected chi connectivity index (χ2v) is 12.0. The maximum atomic E-state index is 6.31. The number of benzene rings is 4. The normalized spacial score (nSPS) is 10.8. The molecule has 0 amide bonds. The van der Waals surface area contributed by atoms with Crippen LogP contribution in [0.15, 0.2) is 133 Å².